The zero-order valence-electron chi connectivity index (χ0n) is 7.90. The third-order valence-corrected chi connectivity index (χ3v) is 3.11. The van der Waals surface area contributed by atoms with E-state index in [-0.39, 0.29) is 6.10 Å². The van der Waals surface area contributed by atoms with Gasteiger partial charge in [0.25, 0.3) is 0 Å². The molecule has 13 heavy (non-hydrogen) atoms. The van der Waals surface area contributed by atoms with Crippen molar-refractivity contribution in [1.29, 1.82) is 0 Å². The first kappa shape index (κ1) is 8.77. The fourth-order valence-electron chi connectivity index (χ4n) is 1.05. The molecule has 0 bridgehead atoms. The molecule has 5 heteroatoms. The second-order valence-corrected chi connectivity index (χ2v) is 4.10. The summed E-state index contributed by atoms with van der Waals surface area (Å²) in [6, 6.07) is 0. The largest absolute Gasteiger partial charge is 0.480 e. The smallest absolute Gasteiger partial charge is 0.232 e. The van der Waals surface area contributed by atoms with E-state index < -0.39 is 0 Å². The molecular weight excluding hydrogens is 188 g/mol. The zero-order chi connectivity index (χ0) is 9.42. The van der Waals surface area contributed by atoms with Crippen LogP contribution in [-0.4, -0.2) is 32.8 Å². The van der Waals surface area contributed by atoms with Crippen LogP contribution in [0.25, 0.3) is 0 Å². The molecule has 1 aromatic rings. The molecule has 2 rings (SSSR count). The first-order chi connectivity index (χ1) is 6.22. The SMILES string of the molecule is COc1nc(N(C)C)sc1[C@@H]1CO1. The number of nitrogens with zero attached hydrogens (tertiary/aromatic N) is 2. The van der Waals surface area contributed by atoms with Gasteiger partial charge in [-0.1, -0.05) is 11.3 Å². The second-order valence-electron chi connectivity index (χ2n) is 3.09. The fourth-order valence-corrected chi connectivity index (χ4v) is 2.04. The highest BCUT2D eigenvalue weighted by atomic mass is 32.1. The lowest BCUT2D eigenvalue weighted by atomic mass is 10.4. The number of rotatable bonds is 3. The van der Waals surface area contributed by atoms with E-state index in [0.717, 1.165) is 16.6 Å². The van der Waals surface area contributed by atoms with E-state index in [0.29, 0.717) is 5.88 Å². The fraction of sp³-hybridized carbons (Fsp3) is 0.625. The van der Waals surface area contributed by atoms with Gasteiger partial charge in [0.15, 0.2) is 5.13 Å². The Morgan fingerprint density at radius 2 is 2.31 bits per heavy atom. The minimum absolute atomic E-state index is 0.223. The van der Waals surface area contributed by atoms with Crippen LogP contribution in [-0.2, 0) is 4.74 Å². The highest BCUT2D eigenvalue weighted by Crippen LogP contribution is 2.42. The normalized spacial score (nSPS) is 20.1. The minimum Gasteiger partial charge on any atom is -0.480 e. The zero-order valence-corrected chi connectivity index (χ0v) is 8.72. The molecule has 0 unspecified atom stereocenters. The Morgan fingerprint density at radius 3 is 2.77 bits per heavy atom. The van der Waals surface area contributed by atoms with Crippen LogP contribution >= 0.6 is 11.3 Å². The van der Waals surface area contributed by atoms with Crippen molar-refractivity contribution in [2.75, 3.05) is 32.7 Å². The van der Waals surface area contributed by atoms with E-state index in [2.05, 4.69) is 4.98 Å². The third-order valence-electron chi connectivity index (χ3n) is 1.81. The van der Waals surface area contributed by atoms with E-state index in [9.17, 15) is 0 Å². The van der Waals surface area contributed by atoms with Gasteiger partial charge >= 0.3 is 0 Å². The van der Waals surface area contributed by atoms with Gasteiger partial charge in [-0.25, -0.2) is 0 Å². The molecule has 72 valence electrons. The van der Waals surface area contributed by atoms with E-state index in [1.54, 1.807) is 18.4 Å². The Kier molecular flexibility index (Phi) is 2.13. The number of hydrogen-bond acceptors (Lipinski definition) is 5. The number of methoxy groups -OCH3 is 1. The average molecular weight is 200 g/mol. The standard InChI is InChI=1S/C8H12N2O2S/c1-10(2)8-9-7(11-3)6(13-8)5-4-12-5/h5H,4H2,1-3H3/t5-/m0/s1. The lowest BCUT2D eigenvalue weighted by Crippen LogP contribution is -2.07. The molecule has 0 aromatic carbocycles. The molecule has 1 aliphatic heterocycles. The highest BCUT2D eigenvalue weighted by Gasteiger charge is 2.31. The molecule has 1 saturated heterocycles. The predicted molar refractivity (Wildman–Crippen MR) is 51.7 cm³/mol. The van der Waals surface area contributed by atoms with Crippen LogP contribution in [0.15, 0.2) is 0 Å². The molecular formula is C8H12N2O2S. The molecule has 1 atom stereocenters. The van der Waals surface area contributed by atoms with E-state index >= 15 is 0 Å². The number of epoxide rings is 1. The van der Waals surface area contributed by atoms with Gasteiger partial charge in [0, 0.05) is 14.1 Å². The van der Waals surface area contributed by atoms with E-state index in [1.807, 2.05) is 19.0 Å². The molecule has 1 aliphatic rings. The van der Waals surface area contributed by atoms with Gasteiger partial charge in [-0.3, -0.25) is 0 Å². The average Bonchev–Trinajstić information content (AvgIpc) is 2.84. The molecule has 0 aliphatic carbocycles. The van der Waals surface area contributed by atoms with Crippen molar-refractivity contribution in [2.24, 2.45) is 0 Å². The summed E-state index contributed by atoms with van der Waals surface area (Å²) in [6.07, 6.45) is 0.223. The minimum atomic E-state index is 0.223. The van der Waals surface area contributed by atoms with Crippen LogP contribution in [0.2, 0.25) is 0 Å². The first-order valence-electron chi connectivity index (χ1n) is 4.06. The van der Waals surface area contributed by atoms with Crippen molar-refractivity contribution < 1.29 is 9.47 Å². The number of thiazole rings is 1. The summed E-state index contributed by atoms with van der Waals surface area (Å²) in [6.45, 7) is 0.797. The molecule has 0 radical (unpaired) electrons. The van der Waals surface area contributed by atoms with Gasteiger partial charge in [-0.05, 0) is 0 Å². The topological polar surface area (TPSA) is 37.9 Å². The van der Waals surface area contributed by atoms with Crippen molar-refractivity contribution in [3.63, 3.8) is 0 Å². The summed E-state index contributed by atoms with van der Waals surface area (Å²) in [5.41, 5.74) is 0. The van der Waals surface area contributed by atoms with Gasteiger partial charge < -0.3 is 14.4 Å². The lowest BCUT2D eigenvalue weighted by Gasteiger charge is -2.04. The molecule has 0 saturated carbocycles. The summed E-state index contributed by atoms with van der Waals surface area (Å²) in [5, 5.41) is 0.961. The molecule has 0 N–H and O–H groups in total. The van der Waals surface area contributed by atoms with Crippen LogP contribution in [0.4, 0.5) is 5.13 Å². The Bertz CT molecular complexity index is 307. The maximum absolute atomic E-state index is 5.20. The van der Waals surface area contributed by atoms with E-state index in [1.165, 1.54) is 0 Å². The monoisotopic (exact) mass is 200 g/mol. The Balaban J connectivity index is 2.31. The van der Waals surface area contributed by atoms with Crippen molar-refractivity contribution in [1.82, 2.24) is 4.98 Å². The summed E-state index contributed by atoms with van der Waals surface area (Å²) >= 11 is 1.63. The molecule has 4 nitrogen and oxygen atoms in total. The maximum Gasteiger partial charge on any atom is 0.232 e. The van der Waals surface area contributed by atoms with Gasteiger partial charge in [-0.15, -0.1) is 0 Å². The van der Waals surface area contributed by atoms with Crippen molar-refractivity contribution in [2.45, 2.75) is 6.10 Å². The second kappa shape index (κ2) is 3.16. The van der Waals surface area contributed by atoms with Gasteiger partial charge in [0.1, 0.15) is 11.0 Å². The van der Waals surface area contributed by atoms with Gasteiger partial charge in [0.2, 0.25) is 5.88 Å². The van der Waals surface area contributed by atoms with Crippen molar-refractivity contribution in [3.05, 3.63) is 4.88 Å². The van der Waals surface area contributed by atoms with Crippen LogP contribution < -0.4 is 9.64 Å². The quantitative estimate of drug-likeness (QED) is 0.689. The Labute approximate surface area is 81.1 Å². The Hall–Kier alpha value is -0.810. The summed E-state index contributed by atoms with van der Waals surface area (Å²) in [7, 11) is 5.58. The third kappa shape index (κ3) is 1.62. The Morgan fingerprint density at radius 1 is 1.62 bits per heavy atom. The van der Waals surface area contributed by atoms with Crippen molar-refractivity contribution >= 4 is 16.5 Å². The van der Waals surface area contributed by atoms with Crippen molar-refractivity contribution in [3.8, 4) is 5.88 Å². The summed E-state index contributed by atoms with van der Waals surface area (Å²) in [4.78, 5) is 7.41. The molecule has 2 heterocycles. The molecule has 0 amide bonds. The first-order valence-corrected chi connectivity index (χ1v) is 4.87. The number of ether oxygens (including phenoxy) is 2. The molecule has 1 aromatic heterocycles. The molecule has 0 spiro atoms. The maximum atomic E-state index is 5.20. The van der Waals surface area contributed by atoms with Crippen LogP contribution in [0.5, 0.6) is 5.88 Å². The van der Waals surface area contributed by atoms with E-state index in [4.69, 9.17) is 9.47 Å². The predicted octanol–water partition coefficient (Wildman–Crippen LogP) is 1.29. The molecule has 1 fully saturated rings. The summed E-state index contributed by atoms with van der Waals surface area (Å²) in [5.74, 6) is 0.705. The number of aromatic nitrogens is 1. The lowest BCUT2D eigenvalue weighted by molar-refractivity contribution is 0.377. The highest BCUT2D eigenvalue weighted by molar-refractivity contribution is 7.16. The summed E-state index contributed by atoms with van der Waals surface area (Å²) < 4.78 is 10.4. The van der Waals surface area contributed by atoms with Crippen LogP contribution in [0.3, 0.4) is 0 Å². The number of hydrogen-bond donors (Lipinski definition) is 0. The van der Waals surface area contributed by atoms with Crippen LogP contribution in [0.1, 0.15) is 11.0 Å². The van der Waals surface area contributed by atoms with Gasteiger partial charge in [0.05, 0.1) is 13.7 Å². The number of anilines is 1. The van der Waals surface area contributed by atoms with Crippen LogP contribution in [0, 0.1) is 0 Å². The van der Waals surface area contributed by atoms with Gasteiger partial charge in [-0.2, -0.15) is 4.98 Å².